The number of halogens is 4. The lowest BCUT2D eigenvalue weighted by atomic mass is 10.1. The molecule has 2 rings (SSSR count). The summed E-state index contributed by atoms with van der Waals surface area (Å²) in [6.07, 6.45) is -4.00. The fourth-order valence-corrected chi connectivity index (χ4v) is 3.06. The molecule has 2 N–H and O–H groups in total. The summed E-state index contributed by atoms with van der Waals surface area (Å²) in [5.41, 5.74) is 0.160. The second-order valence-electron chi connectivity index (χ2n) is 6.81. The number of hydrogen-bond donors (Lipinski definition) is 2. The summed E-state index contributed by atoms with van der Waals surface area (Å²) >= 11 is 5.65. The van der Waals surface area contributed by atoms with Gasteiger partial charge in [-0.3, -0.25) is 14.5 Å². The van der Waals surface area contributed by atoms with E-state index >= 15 is 0 Å². The summed E-state index contributed by atoms with van der Waals surface area (Å²) in [4.78, 5) is 26.3. The summed E-state index contributed by atoms with van der Waals surface area (Å²) in [7, 11) is 0. The van der Waals surface area contributed by atoms with E-state index in [4.69, 9.17) is 11.6 Å². The number of amides is 2. The van der Waals surface area contributed by atoms with Gasteiger partial charge in [-0.15, -0.1) is 0 Å². The molecule has 0 bridgehead atoms. The number of nitrogens with one attached hydrogen (secondary N) is 2. The van der Waals surface area contributed by atoms with Crippen LogP contribution in [0.5, 0.6) is 0 Å². The molecule has 9 heteroatoms. The van der Waals surface area contributed by atoms with E-state index in [2.05, 4.69) is 10.6 Å². The smallest absolute Gasteiger partial charge is 0.325 e. The van der Waals surface area contributed by atoms with E-state index in [-0.39, 0.29) is 29.7 Å². The molecular formula is C21H23ClF3N3O2. The molecule has 2 aromatic rings. The Morgan fingerprint density at radius 1 is 1.00 bits per heavy atom. The van der Waals surface area contributed by atoms with Gasteiger partial charge in [-0.2, -0.15) is 13.2 Å². The van der Waals surface area contributed by atoms with Crippen molar-refractivity contribution in [1.29, 1.82) is 0 Å². The van der Waals surface area contributed by atoms with Crippen molar-refractivity contribution in [2.75, 3.05) is 30.3 Å². The molecule has 0 aromatic heterocycles. The first kappa shape index (κ1) is 23.7. The van der Waals surface area contributed by atoms with Gasteiger partial charge in [0.05, 0.1) is 24.3 Å². The first-order valence-electron chi connectivity index (χ1n) is 9.34. The number of carbonyl (C=O) groups is 2. The Bertz CT molecular complexity index is 903. The maximum Gasteiger partial charge on any atom is 0.418 e. The Labute approximate surface area is 178 Å². The number of aryl methyl sites for hydroxylation is 1. The number of carbonyl (C=O) groups excluding carboxylic acids is 2. The third-order valence-corrected chi connectivity index (χ3v) is 4.49. The zero-order chi connectivity index (χ0) is 22.3. The molecule has 5 nitrogen and oxygen atoms in total. The number of benzene rings is 2. The molecule has 0 saturated carbocycles. The number of nitrogens with zero attached hydrogens (tertiary/aromatic N) is 1. The first-order valence-corrected chi connectivity index (χ1v) is 9.72. The van der Waals surface area contributed by atoms with Crippen LogP contribution in [0.3, 0.4) is 0 Å². The van der Waals surface area contributed by atoms with Gasteiger partial charge in [-0.1, -0.05) is 36.7 Å². The fourth-order valence-electron chi connectivity index (χ4n) is 2.89. The molecule has 0 aliphatic rings. The molecule has 0 heterocycles. The minimum absolute atomic E-state index is 0.0671. The van der Waals surface area contributed by atoms with Gasteiger partial charge in [0, 0.05) is 10.7 Å². The highest BCUT2D eigenvalue weighted by molar-refractivity contribution is 6.30. The van der Waals surface area contributed by atoms with Crippen LogP contribution in [0.15, 0.2) is 42.5 Å². The van der Waals surface area contributed by atoms with Crippen molar-refractivity contribution in [1.82, 2.24) is 4.90 Å². The Hall–Kier alpha value is -2.58. The fraction of sp³-hybridized carbons (Fsp3) is 0.333. The molecule has 2 amide bonds. The molecule has 0 spiro atoms. The molecule has 0 aliphatic heterocycles. The van der Waals surface area contributed by atoms with E-state index in [0.29, 0.717) is 18.7 Å². The predicted molar refractivity (Wildman–Crippen MR) is 112 cm³/mol. The number of hydrogen-bond acceptors (Lipinski definition) is 3. The van der Waals surface area contributed by atoms with Crippen LogP contribution in [-0.4, -0.2) is 36.3 Å². The molecule has 162 valence electrons. The van der Waals surface area contributed by atoms with Crippen molar-refractivity contribution in [3.05, 3.63) is 58.6 Å². The van der Waals surface area contributed by atoms with Gasteiger partial charge in [0.15, 0.2) is 0 Å². The first-order chi connectivity index (χ1) is 14.1. The van der Waals surface area contributed by atoms with Crippen LogP contribution in [0, 0.1) is 6.92 Å². The maximum atomic E-state index is 13.2. The average Bonchev–Trinajstić information content (AvgIpc) is 2.64. The highest BCUT2D eigenvalue weighted by Gasteiger charge is 2.34. The molecule has 0 unspecified atom stereocenters. The standard InChI is InChI=1S/C21H23ClF3N3O2/c1-3-10-28(12-19(29)26-17-7-5-4-6-14(17)2)13-20(30)27-18-9-8-15(22)11-16(18)21(23,24)25/h4-9,11H,3,10,12-13H2,1-2H3,(H,26,29)(H,27,30). The number of anilines is 2. The van der Waals surface area contributed by atoms with E-state index in [1.807, 2.05) is 26.0 Å². The molecular weight excluding hydrogens is 419 g/mol. The quantitative estimate of drug-likeness (QED) is 0.609. The molecule has 0 fully saturated rings. The van der Waals surface area contributed by atoms with Crippen molar-refractivity contribution in [2.24, 2.45) is 0 Å². The monoisotopic (exact) mass is 441 g/mol. The van der Waals surface area contributed by atoms with Crippen molar-refractivity contribution in [3.8, 4) is 0 Å². The van der Waals surface area contributed by atoms with Crippen molar-refractivity contribution >= 4 is 34.8 Å². The minimum atomic E-state index is -4.66. The van der Waals surface area contributed by atoms with Crippen LogP contribution in [-0.2, 0) is 15.8 Å². The predicted octanol–water partition coefficient (Wildman–Crippen LogP) is 4.96. The molecule has 0 radical (unpaired) electrons. The van der Waals surface area contributed by atoms with Crippen molar-refractivity contribution in [3.63, 3.8) is 0 Å². The van der Waals surface area contributed by atoms with E-state index in [9.17, 15) is 22.8 Å². The van der Waals surface area contributed by atoms with Gasteiger partial charge in [-0.25, -0.2) is 0 Å². The number of para-hydroxylation sites is 1. The molecule has 30 heavy (non-hydrogen) atoms. The lowest BCUT2D eigenvalue weighted by Gasteiger charge is -2.21. The van der Waals surface area contributed by atoms with Crippen LogP contribution in [0.2, 0.25) is 5.02 Å². The van der Waals surface area contributed by atoms with Crippen LogP contribution < -0.4 is 10.6 Å². The van der Waals surface area contributed by atoms with Crippen LogP contribution in [0.4, 0.5) is 24.5 Å². The van der Waals surface area contributed by atoms with E-state index in [1.54, 1.807) is 17.0 Å². The van der Waals surface area contributed by atoms with E-state index in [1.165, 1.54) is 6.07 Å². The molecule has 0 atom stereocenters. The minimum Gasteiger partial charge on any atom is -0.325 e. The Kier molecular flexibility index (Phi) is 8.25. The molecule has 2 aromatic carbocycles. The van der Waals surface area contributed by atoms with E-state index < -0.39 is 17.6 Å². The average molecular weight is 442 g/mol. The summed E-state index contributed by atoms with van der Waals surface area (Å²) in [6, 6.07) is 10.4. The number of rotatable bonds is 8. The summed E-state index contributed by atoms with van der Waals surface area (Å²) in [6.45, 7) is 3.88. The van der Waals surface area contributed by atoms with Crippen molar-refractivity contribution < 1.29 is 22.8 Å². The second-order valence-corrected chi connectivity index (χ2v) is 7.25. The van der Waals surface area contributed by atoms with Crippen LogP contribution in [0.25, 0.3) is 0 Å². The van der Waals surface area contributed by atoms with Gasteiger partial charge in [-0.05, 0) is 49.7 Å². The zero-order valence-corrected chi connectivity index (χ0v) is 17.4. The Balaban J connectivity index is 2.04. The van der Waals surface area contributed by atoms with Crippen LogP contribution in [0.1, 0.15) is 24.5 Å². The van der Waals surface area contributed by atoms with E-state index in [0.717, 1.165) is 17.7 Å². The third-order valence-electron chi connectivity index (χ3n) is 4.25. The normalized spacial score (nSPS) is 11.4. The highest BCUT2D eigenvalue weighted by Crippen LogP contribution is 2.36. The summed E-state index contributed by atoms with van der Waals surface area (Å²) in [5, 5.41) is 4.97. The maximum absolute atomic E-state index is 13.2. The van der Waals surface area contributed by atoms with Crippen molar-refractivity contribution in [2.45, 2.75) is 26.4 Å². The SMILES string of the molecule is CCCN(CC(=O)Nc1ccccc1C)CC(=O)Nc1ccc(Cl)cc1C(F)(F)F. The molecule has 0 aliphatic carbocycles. The number of alkyl halides is 3. The lowest BCUT2D eigenvalue weighted by Crippen LogP contribution is -2.39. The van der Waals surface area contributed by atoms with Gasteiger partial charge >= 0.3 is 6.18 Å². The lowest BCUT2D eigenvalue weighted by molar-refractivity contribution is -0.137. The van der Waals surface area contributed by atoms with Gasteiger partial charge < -0.3 is 10.6 Å². The zero-order valence-electron chi connectivity index (χ0n) is 16.6. The van der Waals surface area contributed by atoms with Gasteiger partial charge in [0.25, 0.3) is 0 Å². The Morgan fingerprint density at radius 3 is 2.17 bits per heavy atom. The van der Waals surface area contributed by atoms with Crippen LogP contribution >= 0.6 is 11.6 Å². The summed E-state index contributed by atoms with van der Waals surface area (Å²) in [5.74, 6) is -0.965. The van der Waals surface area contributed by atoms with Gasteiger partial charge in [0.2, 0.25) is 11.8 Å². The summed E-state index contributed by atoms with van der Waals surface area (Å²) < 4.78 is 39.6. The Morgan fingerprint density at radius 2 is 1.60 bits per heavy atom. The topological polar surface area (TPSA) is 61.4 Å². The van der Waals surface area contributed by atoms with Gasteiger partial charge in [0.1, 0.15) is 0 Å². The second kappa shape index (κ2) is 10.4. The molecule has 0 saturated heterocycles. The largest absolute Gasteiger partial charge is 0.418 e. The third kappa shape index (κ3) is 7.03. The highest BCUT2D eigenvalue weighted by atomic mass is 35.5.